The van der Waals surface area contributed by atoms with Crippen LogP contribution in [0.3, 0.4) is 0 Å². The molecule has 0 saturated carbocycles. The van der Waals surface area contributed by atoms with Gasteiger partial charge in [0, 0.05) is 18.7 Å². The van der Waals surface area contributed by atoms with Crippen molar-refractivity contribution in [2.45, 2.75) is 85.2 Å². The van der Waals surface area contributed by atoms with E-state index in [1.165, 1.54) is 0 Å². The third kappa shape index (κ3) is 9.63. The van der Waals surface area contributed by atoms with Gasteiger partial charge in [-0.1, -0.05) is 37.7 Å². The largest absolute Gasteiger partial charge is 0.460 e. The number of amides is 1. The highest BCUT2D eigenvalue weighted by Crippen LogP contribution is 2.30. The molecule has 0 aromatic heterocycles. The standard InChI is InChI=1S/C27H41NO4Si/c1-26(2,3)31-24(29)23(22-13-15-28(19-22)25(30)32-27(4,5)6)18-21-12-10-11-20(17-21)14-16-33(7,8)9/h10-12,17,22-23H,13,15,18-19H2,1-9H3/t22-,23-/m0/s1. The molecule has 1 aromatic carbocycles. The minimum atomic E-state index is -1.48. The first-order chi connectivity index (χ1) is 15.0. The number of carbonyl (C=O) groups is 2. The first-order valence-electron chi connectivity index (χ1n) is 11.9. The Balaban J connectivity index is 2.23. The Hall–Kier alpha value is -2.26. The number of ether oxygens (including phenoxy) is 2. The molecule has 0 aliphatic carbocycles. The maximum Gasteiger partial charge on any atom is 0.410 e. The van der Waals surface area contributed by atoms with Gasteiger partial charge in [0.25, 0.3) is 0 Å². The fraction of sp³-hybridized carbons (Fsp3) is 0.630. The van der Waals surface area contributed by atoms with E-state index >= 15 is 0 Å². The third-order valence-electron chi connectivity index (χ3n) is 5.12. The fourth-order valence-electron chi connectivity index (χ4n) is 3.72. The molecule has 0 spiro atoms. The molecule has 1 heterocycles. The van der Waals surface area contributed by atoms with Crippen LogP contribution in [0, 0.1) is 23.3 Å². The highest BCUT2D eigenvalue weighted by molar-refractivity contribution is 6.83. The van der Waals surface area contributed by atoms with E-state index in [4.69, 9.17) is 9.47 Å². The lowest BCUT2D eigenvalue weighted by Crippen LogP contribution is -2.38. The molecule has 5 nitrogen and oxygen atoms in total. The number of esters is 1. The average Bonchev–Trinajstić information content (AvgIpc) is 3.11. The number of likely N-dealkylation sites (tertiary alicyclic amines) is 1. The molecule has 1 fully saturated rings. The lowest BCUT2D eigenvalue weighted by atomic mass is 9.85. The van der Waals surface area contributed by atoms with Gasteiger partial charge in [-0.2, -0.15) is 0 Å². The van der Waals surface area contributed by atoms with Gasteiger partial charge >= 0.3 is 12.1 Å². The van der Waals surface area contributed by atoms with Crippen molar-refractivity contribution in [2.24, 2.45) is 11.8 Å². The van der Waals surface area contributed by atoms with Crippen molar-refractivity contribution in [2.75, 3.05) is 13.1 Å². The maximum atomic E-state index is 13.2. The van der Waals surface area contributed by atoms with E-state index in [2.05, 4.69) is 37.2 Å². The molecule has 0 bridgehead atoms. The van der Waals surface area contributed by atoms with Gasteiger partial charge in [-0.3, -0.25) is 4.79 Å². The summed E-state index contributed by atoms with van der Waals surface area (Å²) in [6.07, 6.45) is 0.985. The Morgan fingerprint density at radius 3 is 2.30 bits per heavy atom. The predicted molar refractivity (Wildman–Crippen MR) is 136 cm³/mol. The van der Waals surface area contributed by atoms with Crippen LogP contribution >= 0.6 is 0 Å². The van der Waals surface area contributed by atoms with Crippen LogP contribution in [0.15, 0.2) is 24.3 Å². The van der Waals surface area contributed by atoms with E-state index in [-0.39, 0.29) is 23.9 Å². The van der Waals surface area contributed by atoms with Crippen molar-refractivity contribution in [1.82, 2.24) is 4.90 Å². The highest BCUT2D eigenvalue weighted by atomic mass is 28.3. The Labute approximate surface area is 201 Å². The van der Waals surface area contributed by atoms with Crippen LogP contribution in [0.1, 0.15) is 59.1 Å². The monoisotopic (exact) mass is 471 g/mol. The molecule has 1 aliphatic rings. The van der Waals surface area contributed by atoms with Crippen LogP contribution in [-0.2, 0) is 20.7 Å². The zero-order chi connectivity index (χ0) is 25.0. The Morgan fingerprint density at radius 1 is 1.09 bits per heavy atom. The van der Waals surface area contributed by atoms with Gasteiger partial charge in [0.15, 0.2) is 0 Å². The van der Waals surface area contributed by atoms with Crippen molar-refractivity contribution in [1.29, 1.82) is 0 Å². The third-order valence-corrected chi connectivity index (χ3v) is 5.99. The van der Waals surface area contributed by atoms with Gasteiger partial charge in [0.2, 0.25) is 0 Å². The molecule has 1 amide bonds. The normalized spacial score (nSPS) is 17.7. The van der Waals surface area contributed by atoms with E-state index in [9.17, 15) is 9.59 Å². The van der Waals surface area contributed by atoms with Gasteiger partial charge in [-0.25, -0.2) is 4.79 Å². The first-order valence-corrected chi connectivity index (χ1v) is 15.4. The van der Waals surface area contributed by atoms with Gasteiger partial charge < -0.3 is 14.4 Å². The van der Waals surface area contributed by atoms with Crippen molar-refractivity contribution in [3.8, 4) is 11.5 Å². The number of rotatable bonds is 4. The Bertz CT molecular complexity index is 909. The van der Waals surface area contributed by atoms with Crippen LogP contribution in [0.2, 0.25) is 19.6 Å². The van der Waals surface area contributed by atoms with Gasteiger partial charge in [-0.15, -0.1) is 5.54 Å². The lowest BCUT2D eigenvalue weighted by molar-refractivity contribution is -0.161. The van der Waals surface area contributed by atoms with Crippen LogP contribution in [0.5, 0.6) is 0 Å². The zero-order valence-corrected chi connectivity index (χ0v) is 22.9. The van der Waals surface area contributed by atoms with E-state index < -0.39 is 19.3 Å². The minimum Gasteiger partial charge on any atom is -0.460 e. The summed E-state index contributed by atoms with van der Waals surface area (Å²) in [7, 11) is -1.48. The topological polar surface area (TPSA) is 55.8 Å². The summed E-state index contributed by atoms with van der Waals surface area (Å²) in [5.74, 6) is 2.78. The van der Waals surface area contributed by atoms with E-state index in [1.54, 1.807) is 4.90 Å². The molecule has 2 rings (SSSR count). The molecule has 2 atom stereocenters. The number of benzene rings is 1. The second kappa shape index (κ2) is 10.3. The van der Waals surface area contributed by atoms with Crippen molar-refractivity contribution in [3.63, 3.8) is 0 Å². The van der Waals surface area contributed by atoms with E-state index in [0.717, 1.165) is 17.5 Å². The number of carbonyl (C=O) groups excluding carboxylic acids is 2. The summed E-state index contributed by atoms with van der Waals surface area (Å²) in [5.41, 5.74) is 4.32. The Kier molecular flexibility index (Phi) is 8.45. The van der Waals surface area contributed by atoms with Gasteiger partial charge in [0.1, 0.15) is 19.3 Å². The summed E-state index contributed by atoms with van der Waals surface area (Å²) in [6, 6.07) is 8.12. The second-order valence-electron chi connectivity index (χ2n) is 12.0. The summed E-state index contributed by atoms with van der Waals surface area (Å²) in [6.45, 7) is 19.0. The van der Waals surface area contributed by atoms with Crippen LogP contribution in [-0.4, -0.2) is 49.3 Å². The number of nitrogens with zero attached hydrogens (tertiary/aromatic N) is 1. The number of hydrogen-bond donors (Lipinski definition) is 0. The molecule has 0 N–H and O–H groups in total. The molecular formula is C27H41NO4Si. The van der Waals surface area contributed by atoms with Crippen molar-refractivity contribution >= 4 is 20.1 Å². The molecule has 0 unspecified atom stereocenters. The summed E-state index contributed by atoms with van der Waals surface area (Å²) < 4.78 is 11.3. The Morgan fingerprint density at radius 2 is 1.73 bits per heavy atom. The molecule has 33 heavy (non-hydrogen) atoms. The number of hydrogen-bond acceptors (Lipinski definition) is 4. The molecule has 182 valence electrons. The molecule has 6 heteroatoms. The molecule has 1 aliphatic heterocycles. The maximum absolute atomic E-state index is 13.2. The molecule has 1 aromatic rings. The smallest absolute Gasteiger partial charge is 0.410 e. The summed E-state index contributed by atoms with van der Waals surface area (Å²) in [5, 5.41) is 0. The molecule has 0 radical (unpaired) electrons. The average molecular weight is 472 g/mol. The van der Waals surface area contributed by atoms with Crippen LogP contribution in [0.4, 0.5) is 4.79 Å². The molecular weight excluding hydrogens is 430 g/mol. The van der Waals surface area contributed by atoms with E-state index in [0.29, 0.717) is 19.5 Å². The van der Waals surface area contributed by atoms with E-state index in [1.807, 2.05) is 59.7 Å². The minimum absolute atomic E-state index is 0.0177. The summed E-state index contributed by atoms with van der Waals surface area (Å²) in [4.78, 5) is 27.5. The lowest BCUT2D eigenvalue weighted by Gasteiger charge is -2.28. The SMILES string of the molecule is CC(C)(C)OC(=O)[C@@H](Cc1cccc(C#C[Si](C)(C)C)c1)[C@H]1CCN(C(=O)OC(C)(C)C)C1. The van der Waals surface area contributed by atoms with Crippen molar-refractivity contribution in [3.05, 3.63) is 35.4 Å². The zero-order valence-electron chi connectivity index (χ0n) is 21.9. The highest BCUT2D eigenvalue weighted by Gasteiger charge is 2.39. The van der Waals surface area contributed by atoms with Gasteiger partial charge in [-0.05, 0) is 78.0 Å². The quantitative estimate of drug-likeness (QED) is 0.322. The van der Waals surface area contributed by atoms with Crippen LogP contribution in [0.25, 0.3) is 0 Å². The molecule has 1 saturated heterocycles. The van der Waals surface area contributed by atoms with Crippen molar-refractivity contribution < 1.29 is 19.1 Å². The summed E-state index contributed by atoms with van der Waals surface area (Å²) >= 11 is 0. The van der Waals surface area contributed by atoms with Gasteiger partial charge in [0.05, 0.1) is 5.92 Å². The fourth-order valence-corrected chi connectivity index (χ4v) is 4.24. The predicted octanol–water partition coefficient (Wildman–Crippen LogP) is 5.67. The first kappa shape index (κ1) is 27.0. The second-order valence-corrected chi connectivity index (χ2v) is 16.8. The van der Waals surface area contributed by atoms with Crippen LogP contribution < -0.4 is 0 Å².